The molecule has 0 saturated heterocycles. The zero-order valence-electron chi connectivity index (χ0n) is 16.1. The molecule has 0 amide bonds. The number of benzene rings is 3. The van der Waals surface area contributed by atoms with Gasteiger partial charge in [0.2, 0.25) is 0 Å². The van der Waals surface area contributed by atoms with Crippen LogP contribution in [0.25, 0.3) is 16.7 Å². The third-order valence-electron chi connectivity index (χ3n) is 4.43. The van der Waals surface area contributed by atoms with Crippen molar-refractivity contribution in [1.29, 1.82) is 0 Å². The molecular formula is C23H21N3O3. The van der Waals surface area contributed by atoms with E-state index >= 15 is 0 Å². The number of para-hydroxylation sites is 2. The van der Waals surface area contributed by atoms with Crippen LogP contribution in [0.15, 0.2) is 72.8 Å². The molecule has 0 atom stereocenters. The highest BCUT2D eigenvalue weighted by atomic mass is 16.5. The Bertz CT molecular complexity index is 1090. The molecule has 6 heteroatoms. The monoisotopic (exact) mass is 387 g/mol. The van der Waals surface area contributed by atoms with Gasteiger partial charge in [-0.3, -0.25) is 0 Å². The third kappa shape index (κ3) is 4.27. The van der Waals surface area contributed by atoms with Gasteiger partial charge in [-0.15, -0.1) is 15.0 Å². The van der Waals surface area contributed by atoms with E-state index in [1.165, 1.54) is 4.80 Å². The summed E-state index contributed by atoms with van der Waals surface area (Å²) in [4.78, 5) is 14.1. The summed E-state index contributed by atoms with van der Waals surface area (Å²) in [6.45, 7) is 2.78. The molecule has 0 aliphatic carbocycles. The molecule has 0 radical (unpaired) electrons. The molecule has 0 unspecified atom stereocenters. The number of hydrogen-bond acceptors (Lipinski definition) is 5. The minimum Gasteiger partial charge on any atom is -0.494 e. The molecular weight excluding hydrogens is 366 g/mol. The van der Waals surface area contributed by atoms with Crippen molar-refractivity contribution in [1.82, 2.24) is 15.0 Å². The molecule has 146 valence electrons. The summed E-state index contributed by atoms with van der Waals surface area (Å²) in [5, 5.41) is 8.94. The molecule has 0 aliphatic rings. The van der Waals surface area contributed by atoms with Crippen LogP contribution in [0.1, 0.15) is 30.1 Å². The summed E-state index contributed by atoms with van der Waals surface area (Å²) in [5.41, 5.74) is 2.58. The zero-order chi connectivity index (χ0) is 20.1. The topological polar surface area (TPSA) is 66.2 Å². The Balaban J connectivity index is 1.53. The van der Waals surface area contributed by atoms with Crippen molar-refractivity contribution in [3.05, 3.63) is 78.4 Å². The fourth-order valence-electron chi connectivity index (χ4n) is 2.86. The molecule has 4 rings (SSSR count). The minimum absolute atomic E-state index is 0.390. The Labute approximate surface area is 168 Å². The Hall–Kier alpha value is -3.67. The predicted molar refractivity (Wildman–Crippen MR) is 111 cm³/mol. The lowest BCUT2D eigenvalue weighted by Crippen LogP contribution is -2.11. The molecule has 0 aliphatic heterocycles. The normalized spacial score (nSPS) is 10.8. The first-order chi connectivity index (χ1) is 14.2. The Morgan fingerprint density at radius 3 is 2.24 bits per heavy atom. The molecule has 3 aromatic carbocycles. The molecule has 1 heterocycles. The first kappa shape index (κ1) is 18.7. The molecule has 0 spiro atoms. The fourth-order valence-corrected chi connectivity index (χ4v) is 2.86. The van der Waals surface area contributed by atoms with Crippen molar-refractivity contribution in [2.45, 2.75) is 19.8 Å². The largest absolute Gasteiger partial charge is 0.494 e. The van der Waals surface area contributed by atoms with Crippen molar-refractivity contribution < 1.29 is 14.3 Å². The van der Waals surface area contributed by atoms with Gasteiger partial charge in [-0.1, -0.05) is 37.6 Å². The van der Waals surface area contributed by atoms with Crippen LogP contribution in [-0.2, 0) is 0 Å². The third-order valence-corrected chi connectivity index (χ3v) is 4.43. The van der Waals surface area contributed by atoms with E-state index in [9.17, 15) is 4.79 Å². The standard InChI is InChI=1S/C23H21N3O3/c1-2-3-16-28-18-14-12-17(13-15-18)23(27)29-22-11-7-6-10-21(22)26-24-19-8-4-5-9-20(19)25-26/h4-15H,2-3,16H2,1H3. The molecule has 0 N–H and O–H groups in total. The number of carbonyl (C=O) groups excluding carboxylic acids is 1. The van der Waals surface area contributed by atoms with Crippen molar-refractivity contribution in [2.75, 3.05) is 6.61 Å². The van der Waals surface area contributed by atoms with Crippen molar-refractivity contribution in [3.8, 4) is 17.2 Å². The van der Waals surface area contributed by atoms with Gasteiger partial charge in [0.05, 0.1) is 12.2 Å². The maximum atomic E-state index is 12.6. The van der Waals surface area contributed by atoms with Crippen LogP contribution in [0.3, 0.4) is 0 Å². The van der Waals surface area contributed by atoms with Crippen molar-refractivity contribution in [3.63, 3.8) is 0 Å². The van der Waals surface area contributed by atoms with Crippen LogP contribution in [-0.4, -0.2) is 27.6 Å². The van der Waals surface area contributed by atoms with Gasteiger partial charge in [0.15, 0.2) is 5.75 Å². The predicted octanol–water partition coefficient (Wildman–Crippen LogP) is 4.82. The summed E-state index contributed by atoms with van der Waals surface area (Å²) >= 11 is 0. The number of nitrogens with zero attached hydrogens (tertiary/aromatic N) is 3. The second kappa shape index (κ2) is 8.56. The van der Waals surface area contributed by atoms with E-state index in [1.54, 1.807) is 36.4 Å². The van der Waals surface area contributed by atoms with E-state index in [0.29, 0.717) is 23.6 Å². The van der Waals surface area contributed by atoms with Crippen LogP contribution in [0, 0.1) is 0 Å². The number of unbranched alkanes of at least 4 members (excludes halogenated alkanes) is 1. The smallest absolute Gasteiger partial charge is 0.343 e. The Morgan fingerprint density at radius 2 is 1.55 bits per heavy atom. The van der Waals surface area contributed by atoms with Crippen LogP contribution < -0.4 is 9.47 Å². The van der Waals surface area contributed by atoms with E-state index in [1.807, 2.05) is 36.4 Å². The number of rotatable bonds is 7. The lowest BCUT2D eigenvalue weighted by Gasteiger charge is -2.10. The van der Waals surface area contributed by atoms with Crippen LogP contribution in [0.2, 0.25) is 0 Å². The number of fused-ring (bicyclic) bond motifs is 1. The number of aromatic nitrogens is 3. The van der Waals surface area contributed by atoms with E-state index in [-0.39, 0.29) is 0 Å². The van der Waals surface area contributed by atoms with E-state index in [0.717, 1.165) is 29.6 Å². The lowest BCUT2D eigenvalue weighted by atomic mass is 10.2. The summed E-state index contributed by atoms with van der Waals surface area (Å²) in [6.07, 6.45) is 2.07. The number of hydrogen-bond donors (Lipinski definition) is 0. The highest BCUT2D eigenvalue weighted by Crippen LogP contribution is 2.24. The van der Waals surface area contributed by atoms with Gasteiger partial charge in [0.25, 0.3) is 0 Å². The second-order valence-electron chi connectivity index (χ2n) is 6.56. The van der Waals surface area contributed by atoms with Gasteiger partial charge >= 0.3 is 5.97 Å². The van der Waals surface area contributed by atoms with Gasteiger partial charge in [0, 0.05) is 0 Å². The zero-order valence-corrected chi connectivity index (χ0v) is 16.1. The average Bonchev–Trinajstić information content (AvgIpc) is 3.19. The van der Waals surface area contributed by atoms with Gasteiger partial charge in [0.1, 0.15) is 22.5 Å². The Kier molecular flexibility index (Phi) is 5.52. The maximum absolute atomic E-state index is 12.6. The first-order valence-electron chi connectivity index (χ1n) is 9.61. The van der Waals surface area contributed by atoms with Crippen molar-refractivity contribution >= 4 is 17.0 Å². The summed E-state index contributed by atoms with van der Waals surface area (Å²) in [7, 11) is 0. The van der Waals surface area contributed by atoms with Gasteiger partial charge < -0.3 is 9.47 Å². The van der Waals surface area contributed by atoms with Gasteiger partial charge in [-0.05, 0) is 55.0 Å². The molecule has 6 nitrogen and oxygen atoms in total. The van der Waals surface area contributed by atoms with E-state index in [2.05, 4.69) is 17.1 Å². The SMILES string of the molecule is CCCCOc1ccc(C(=O)Oc2ccccc2-n2nc3ccccc3n2)cc1. The average molecular weight is 387 g/mol. The van der Waals surface area contributed by atoms with Gasteiger partial charge in [-0.2, -0.15) is 0 Å². The molecule has 1 aromatic heterocycles. The summed E-state index contributed by atoms with van der Waals surface area (Å²) in [6, 6.07) is 21.7. The van der Waals surface area contributed by atoms with E-state index in [4.69, 9.17) is 9.47 Å². The van der Waals surface area contributed by atoms with E-state index < -0.39 is 5.97 Å². The molecule has 4 aromatic rings. The quantitative estimate of drug-likeness (QED) is 0.258. The summed E-state index contributed by atoms with van der Waals surface area (Å²) in [5.74, 6) is 0.679. The molecule has 0 fully saturated rings. The van der Waals surface area contributed by atoms with Crippen LogP contribution >= 0.6 is 0 Å². The number of ether oxygens (including phenoxy) is 2. The fraction of sp³-hybridized carbons (Fsp3) is 0.174. The van der Waals surface area contributed by atoms with Crippen LogP contribution in [0.4, 0.5) is 0 Å². The number of carbonyl (C=O) groups is 1. The summed E-state index contributed by atoms with van der Waals surface area (Å²) < 4.78 is 11.3. The van der Waals surface area contributed by atoms with Gasteiger partial charge in [-0.25, -0.2) is 4.79 Å². The molecule has 0 bridgehead atoms. The lowest BCUT2D eigenvalue weighted by molar-refractivity contribution is 0.0734. The molecule has 29 heavy (non-hydrogen) atoms. The minimum atomic E-state index is -0.450. The number of esters is 1. The second-order valence-corrected chi connectivity index (χ2v) is 6.56. The highest BCUT2D eigenvalue weighted by molar-refractivity contribution is 5.91. The maximum Gasteiger partial charge on any atom is 0.343 e. The first-order valence-corrected chi connectivity index (χ1v) is 9.61. The van der Waals surface area contributed by atoms with Crippen LogP contribution in [0.5, 0.6) is 11.5 Å². The van der Waals surface area contributed by atoms with Crippen molar-refractivity contribution in [2.24, 2.45) is 0 Å². The Morgan fingerprint density at radius 1 is 0.897 bits per heavy atom. The highest BCUT2D eigenvalue weighted by Gasteiger charge is 2.14. The molecule has 0 saturated carbocycles.